The Kier molecular flexibility index (Phi) is 9.12. The summed E-state index contributed by atoms with van der Waals surface area (Å²) in [5, 5.41) is 12.3. The summed E-state index contributed by atoms with van der Waals surface area (Å²) in [6.07, 6.45) is 3.30. The highest BCUT2D eigenvalue weighted by Gasteiger charge is 2.46. The molecule has 35 heavy (non-hydrogen) atoms. The third-order valence-electron chi connectivity index (χ3n) is 6.70. The minimum absolute atomic E-state index is 0.00608. The van der Waals surface area contributed by atoms with Crippen molar-refractivity contribution in [3.63, 3.8) is 0 Å². The number of benzene rings is 1. The van der Waals surface area contributed by atoms with Crippen LogP contribution in [0.25, 0.3) is 0 Å². The zero-order valence-electron chi connectivity index (χ0n) is 20.3. The smallest absolute Gasteiger partial charge is 0.305 e. The number of nitrogens with zero attached hydrogens (tertiary/aromatic N) is 2. The van der Waals surface area contributed by atoms with Crippen molar-refractivity contribution in [3.8, 4) is 5.75 Å². The Morgan fingerprint density at radius 2 is 1.89 bits per heavy atom. The summed E-state index contributed by atoms with van der Waals surface area (Å²) in [6, 6.07) is 5.82. The number of carbonyl (C=O) groups excluding carboxylic acids is 2. The van der Waals surface area contributed by atoms with Crippen molar-refractivity contribution in [1.29, 1.82) is 0 Å². The number of carboxylic acids is 1. The Labute approximate surface area is 206 Å². The lowest BCUT2D eigenvalue weighted by molar-refractivity contribution is -0.138. The first-order valence-corrected chi connectivity index (χ1v) is 13.8. The van der Waals surface area contributed by atoms with Crippen LogP contribution in [-0.2, 0) is 19.6 Å². The number of nitrogens with one attached hydrogen (secondary N) is 1. The molecule has 1 aromatic carbocycles. The maximum atomic E-state index is 13.6. The molecule has 10 nitrogen and oxygen atoms in total. The Balaban J connectivity index is 1.92. The van der Waals surface area contributed by atoms with Gasteiger partial charge in [0.1, 0.15) is 5.75 Å². The molecule has 2 aliphatic rings. The molecule has 0 spiro atoms. The quantitative estimate of drug-likeness (QED) is 0.493. The topological polar surface area (TPSA) is 133 Å². The van der Waals surface area contributed by atoms with Crippen LogP contribution in [0.3, 0.4) is 0 Å². The molecule has 0 bridgehead atoms. The van der Waals surface area contributed by atoms with Gasteiger partial charge in [-0.05, 0) is 43.4 Å². The van der Waals surface area contributed by atoms with E-state index in [0.29, 0.717) is 12.2 Å². The number of ether oxygens (including phenoxy) is 1. The van der Waals surface area contributed by atoms with Gasteiger partial charge >= 0.3 is 5.97 Å². The second-order valence-electron chi connectivity index (χ2n) is 9.14. The fourth-order valence-corrected chi connectivity index (χ4v) is 6.62. The zero-order valence-corrected chi connectivity index (χ0v) is 21.1. The molecule has 0 radical (unpaired) electrons. The number of methoxy groups -OCH3 is 1. The molecule has 11 heteroatoms. The average molecular weight is 510 g/mol. The molecule has 3 rings (SSSR count). The molecule has 2 unspecified atom stereocenters. The van der Waals surface area contributed by atoms with Crippen LogP contribution in [-0.4, -0.2) is 78.7 Å². The fraction of sp³-hybridized carbons (Fsp3) is 0.625. The predicted octanol–water partition coefficient (Wildman–Crippen LogP) is 2.06. The lowest BCUT2D eigenvalue weighted by Gasteiger charge is -2.34. The van der Waals surface area contributed by atoms with E-state index in [2.05, 4.69) is 5.32 Å². The number of carboxylic acid groups (broad SMARTS) is 1. The van der Waals surface area contributed by atoms with Gasteiger partial charge in [0, 0.05) is 24.7 Å². The molecule has 1 saturated carbocycles. The molecule has 0 aromatic heterocycles. The van der Waals surface area contributed by atoms with E-state index in [1.165, 1.54) is 18.1 Å². The third kappa shape index (κ3) is 6.52. The second kappa shape index (κ2) is 11.9. The molecule has 194 valence electrons. The summed E-state index contributed by atoms with van der Waals surface area (Å²) in [4.78, 5) is 39.8. The van der Waals surface area contributed by atoms with Gasteiger partial charge in [-0.1, -0.05) is 32.3 Å². The van der Waals surface area contributed by atoms with E-state index in [1.54, 1.807) is 25.1 Å². The first-order chi connectivity index (χ1) is 16.7. The summed E-state index contributed by atoms with van der Waals surface area (Å²) in [5.41, 5.74) is 0.270. The Morgan fingerprint density at radius 3 is 2.51 bits per heavy atom. The van der Waals surface area contributed by atoms with Crippen LogP contribution >= 0.6 is 0 Å². The lowest BCUT2D eigenvalue weighted by Crippen LogP contribution is -2.57. The van der Waals surface area contributed by atoms with E-state index in [4.69, 9.17) is 4.74 Å². The minimum Gasteiger partial charge on any atom is -0.497 e. The summed E-state index contributed by atoms with van der Waals surface area (Å²) < 4.78 is 32.3. The van der Waals surface area contributed by atoms with Crippen molar-refractivity contribution >= 4 is 27.8 Å². The van der Waals surface area contributed by atoms with E-state index in [9.17, 15) is 27.9 Å². The first-order valence-electron chi connectivity index (χ1n) is 12.1. The number of sulfonamides is 1. The van der Waals surface area contributed by atoms with Gasteiger partial charge in [-0.15, -0.1) is 0 Å². The highest BCUT2D eigenvalue weighted by molar-refractivity contribution is 7.89. The number of hydrogen-bond donors (Lipinski definition) is 2. The number of rotatable bonds is 10. The monoisotopic (exact) mass is 509 g/mol. The van der Waals surface area contributed by atoms with Gasteiger partial charge in [0.05, 0.1) is 19.3 Å². The minimum atomic E-state index is -3.81. The average Bonchev–Trinajstić information content (AvgIpc) is 3.30. The van der Waals surface area contributed by atoms with Gasteiger partial charge < -0.3 is 20.1 Å². The maximum Gasteiger partial charge on any atom is 0.305 e. The van der Waals surface area contributed by atoms with Crippen molar-refractivity contribution in [1.82, 2.24) is 14.5 Å². The Hall–Kier alpha value is -2.66. The van der Waals surface area contributed by atoms with Crippen LogP contribution in [0.4, 0.5) is 0 Å². The van der Waals surface area contributed by atoms with E-state index in [-0.39, 0.29) is 36.7 Å². The van der Waals surface area contributed by atoms with Crippen molar-refractivity contribution in [2.75, 3.05) is 26.0 Å². The van der Waals surface area contributed by atoms with E-state index < -0.39 is 40.0 Å². The van der Waals surface area contributed by atoms with Crippen LogP contribution in [0.2, 0.25) is 0 Å². The lowest BCUT2D eigenvalue weighted by atomic mass is 9.82. The summed E-state index contributed by atoms with van der Waals surface area (Å²) in [7, 11) is -2.34. The number of carbonyl (C=O) groups is 3. The van der Waals surface area contributed by atoms with Gasteiger partial charge in [-0.3, -0.25) is 14.4 Å². The van der Waals surface area contributed by atoms with E-state index in [0.717, 1.165) is 36.4 Å². The first kappa shape index (κ1) is 26.9. The van der Waals surface area contributed by atoms with Gasteiger partial charge in [-0.25, -0.2) is 8.42 Å². The molecule has 1 aliphatic heterocycles. The van der Waals surface area contributed by atoms with Crippen molar-refractivity contribution < 1.29 is 32.6 Å². The van der Waals surface area contributed by atoms with Crippen molar-refractivity contribution in [2.24, 2.45) is 5.92 Å². The molecule has 1 saturated heterocycles. The van der Waals surface area contributed by atoms with Crippen LogP contribution in [0.15, 0.2) is 24.3 Å². The van der Waals surface area contributed by atoms with Crippen LogP contribution in [0.1, 0.15) is 62.2 Å². The van der Waals surface area contributed by atoms with E-state index >= 15 is 0 Å². The van der Waals surface area contributed by atoms with Crippen molar-refractivity contribution in [2.45, 2.75) is 64.1 Å². The number of aliphatic carboxylic acids is 1. The molecule has 2 fully saturated rings. The SMILES string of the molecule is CCCS(=O)(=O)N1CCN(C(=O)c2cccc(OC)c2)C1C(=O)NC(CC(=O)O)C1CCCCC1. The molecule has 2 amide bonds. The molecule has 1 aliphatic carbocycles. The van der Waals surface area contributed by atoms with Crippen molar-refractivity contribution in [3.05, 3.63) is 29.8 Å². The van der Waals surface area contributed by atoms with Gasteiger partial charge in [0.15, 0.2) is 6.17 Å². The second-order valence-corrected chi connectivity index (χ2v) is 11.2. The molecular formula is C24H35N3O7S. The molecule has 2 N–H and O–H groups in total. The zero-order chi connectivity index (χ0) is 25.6. The largest absolute Gasteiger partial charge is 0.497 e. The van der Waals surface area contributed by atoms with Gasteiger partial charge in [0.2, 0.25) is 10.0 Å². The molecular weight excluding hydrogens is 474 g/mol. The van der Waals surface area contributed by atoms with Crippen LogP contribution in [0.5, 0.6) is 5.75 Å². The summed E-state index contributed by atoms with van der Waals surface area (Å²) >= 11 is 0. The number of amides is 2. The third-order valence-corrected chi connectivity index (χ3v) is 8.72. The maximum absolute atomic E-state index is 13.6. The van der Waals surface area contributed by atoms with Crippen LogP contribution in [0, 0.1) is 5.92 Å². The molecule has 1 heterocycles. The fourth-order valence-electron chi connectivity index (χ4n) is 5.00. The van der Waals surface area contributed by atoms with Crippen LogP contribution < -0.4 is 10.1 Å². The normalized spacial score (nSPS) is 20.4. The van der Waals surface area contributed by atoms with Gasteiger partial charge in [-0.2, -0.15) is 4.31 Å². The summed E-state index contributed by atoms with van der Waals surface area (Å²) in [6.45, 7) is 1.76. The highest BCUT2D eigenvalue weighted by atomic mass is 32.2. The molecule has 2 atom stereocenters. The molecule has 1 aromatic rings. The Bertz CT molecular complexity index is 1020. The standard InChI is InChI=1S/C24H35N3O7S/c1-3-14-35(32,33)27-13-12-26(24(31)18-10-7-11-19(15-18)34-2)23(27)22(30)25-20(16-21(28)29)17-8-5-4-6-9-17/h7,10-11,15,17,20,23H,3-6,8-9,12-14,16H2,1-2H3,(H,25,30)(H,28,29). The van der Waals surface area contributed by atoms with E-state index in [1.807, 2.05) is 0 Å². The summed E-state index contributed by atoms with van der Waals surface area (Å²) in [5.74, 6) is -1.90. The number of hydrogen-bond acceptors (Lipinski definition) is 6. The van der Waals surface area contributed by atoms with Gasteiger partial charge in [0.25, 0.3) is 11.8 Å². The Morgan fingerprint density at radius 1 is 1.17 bits per heavy atom. The predicted molar refractivity (Wildman–Crippen MR) is 129 cm³/mol. The highest BCUT2D eigenvalue weighted by Crippen LogP contribution is 2.29.